The quantitative estimate of drug-likeness (QED) is 0.228. The van der Waals surface area contributed by atoms with Crippen molar-refractivity contribution in [3.05, 3.63) is 24.3 Å². The molecule has 8 heteroatoms. The molecule has 0 aliphatic carbocycles. The molecule has 0 saturated carbocycles. The van der Waals surface area contributed by atoms with Crippen molar-refractivity contribution >= 4 is 29.9 Å². The van der Waals surface area contributed by atoms with E-state index in [0.29, 0.717) is 18.8 Å². The van der Waals surface area contributed by atoms with E-state index < -0.39 is 0 Å². The van der Waals surface area contributed by atoms with Gasteiger partial charge in [0.05, 0.1) is 32.5 Å². The fraction of sp³-hybridized carbons (Fsp3) is 0.682. The van der Waals surface area contributed by atoms with E-state index in [0.717, 1.165) is 76.0 Å². The molecule has 7 nitrogen and oxygen atoms in total. The largest absolute Gasteiger partial charge is 0.497 e. The van der Waals surface area contributed by atoms with Gasteiger partial charge in [-0.25, -0.2) is 0 Å². The molecule has 3 rings (SSSR count). The molecule has 1 aromatic rings. The Labute approximate surface area is 197 Å². The average Bonchev–Trinajstić information content (AvgIpc) is 3.29. The number of piperidine rings is 1. The predicted octanol–water partition coefficient (Wildman–Crippen LogP) is 3.32. The number of likely N-dealkylation sites (tertiary alicyclic amines) is 1. The molecular formula is C22H36IN3O4. The molecule has 1 aromatic carbocycles. The molecule has 0 amide bonds. The van der Waals surface area contributed by atoms with Gasteiger partial charge in [0, 0.05) is 39.4 Å². The van der Waals surface area contributed by atoms with E-state index in [-0.39, 0.29) is 24.0 Å². The molecule has 0 spiro atoms. The second-order valence-electron chi connectivity index (χ2n) is 7.51. The summed E-state index contributed by atoms with van der Waals surface area (Å²) in [7, 11) is 3.50. The smallest absolute Gasteiger partial charge is 0.193 e. The molecule has 2 heterocycles. The Balaban J connectivity index is 0.00000320. The van der Waals surface area contributed by atoms with Gasteiger partial charge in [0.15, 0.2) is 5.96 Å². The highest BCUT2D eigenvalue weighted by molar-refractivity contribution is 14.0. The number of halogens is 1. The fourth-order valence-corrected chi connectivity index (χ4v) is 3.74. The van der Waals surface area contributed by atoms with Gasteiger partial charge in [-0.1, -0.05) is 6.07 Å². The average molecular weight is 533 g/mol. The summed E-state index contributed by atoms with van der Waals surface area (Å²) in [4.78, 5) is 6.75. The molecule has 2 saturated heterocycles. The van der Waals surface area contributed by atoms with Gasteiger partial charge >= 0.3 is 0 Å². The molecule has 1 unspecified atom stereocenters. The molecule has 0 aromatic heterocycles. The first-order valence-corrected chi connectivity index (χ1v) is 10.7. The number of ether oxygens (including phenoxy) is 4. The third-order valence-electron chi connectivity index (χ3n) is 5.41. The van der Waals surface area contributed by atoms with Crippen molar-refractivity contribution in [2.45, 2.75) is 44.3 Å². The van der Waals surface area contributed by atoms with Crippen molar-refractivity contribution in [2.24, 2.45) is 4.99 Å². The van der Waals surface area contributed by atoms with Crippen LogP contribution < -0.4 is 14.8 Å². The second kappa shape index (κ2) is 13.9. The first kappa shape index (κ1) is 25.0. The number of nitrogens with one attached hydrogen (secondary N) is 1. The summed E-state index contributed by atoms with van der Waals surface area (Å²) in [6.45, 7) is 5.04. The normalized spacial score (nSPS) is 20.0. The number of nitrogens with zero attached hydrogens (tertiary/aromatic N) is 2. The maximum atomic E-state index is 6.06. The summed E-state index contributed by atoms with van der Waals surface area (Å²) >= 11 is 0. The maximum Gasteiger partial charge on any atom is 0.193 e. The van der Waals surface area contributed by atoms with Crippen molar-refractivity contribution in [1.82, 2.24) is 10.2 Å². The van der Waals surface area contributed by atoms with Crippen LogP contribution in [0.25, 0.3) is 0 Å². The summed E-state index contributed by atoms with van der Waals surface area (Å²) in [5.41, 5.74) is 0. The number of rotatable bonds is 9. The zero-order valence-electron chi connectivity index (χ0n) is 18.2. The van der Waals surface area contributed by atoms with Crippen LogP contribution in [0.15, 0.2) is 29.3 Å². The number of hydrogen-bond donors (Lipinski definition) is 1. The monoisotopic (exact) mass is 533 g/mol. The second-order valence-corrected chi connectivity index (χ2v) is 7.51. The summed E-state index contributed by atoms with van der Waals surface area (Å²) in [6.07, 6.45) is 5.91. The number of benzene rings is 1. The van der Waals surface area contributed by atoms with E-state index in [4.69, 9.17) is 18.9 Å². The number of methoxy groups -OCH3 is 1. The molecule has 2 fully saturated rings. The third kappa shape index (κ3) is 8.11. The Morgan fingerprint density at radius 2 is 2.03 bits per heavy atom. The Bertz CT molecular complexity index is 633. The van der Waals surface area contributed by atoms with Gasteiger partial charge in [-0.15, -0.1) is 24.0 Å². The highest BCUT2D eigenvalue weighted by atomic mass is 127. The lowest BCUT2D eigenvalue weighted by Crippen LogP contribution is -2.47. The van der Waals surface area contributed by atoms with Crippen LogP contribution in [0.4, 0.5) is 0 Å². The number of hydrogen-bond acceptors (Lipinski definition) is 5. The van der Waals surface area contributed by atoms with Gasteiger partial charge in [0.1, 0.15) is 11.5 Å². The van der Waals surface area contributed by atoms with E-state index in [9.17, 15) is 0 Å². The molecule has 170 valence electrons. The third-order valence-corrected chi connectivity index (χ3v) is 5.41. The maximum absolute atomic E-state index is 6.06. The lowest BCUT2D eigenvalue weighted by molar-refractivity contribution is -0.0367. The van der Waals surface area contributed by atoms with Crippen LogP contribution in [0.2, 0.25) is 0 Å². The standard InChI is InChI=1S/C22H35N3O4.HI/c1-23-22(24-11-5-15-27-20-7-3-6-19(16-20)26-2)25-12-9-18(10-13-25)29-17-21-8-4-14-28-21;/h3,6-7,16,18,21H,4-5,8-15,17H2,1-2H3,(H,23,24);1H. The minimum absolute atomic E-state index is 0. The van der Waals surface area contributed by atoms with E-state index in [1.54, 1.807) is 7.11 Å². The minimum atomic E-state index is 0. The van der Waals surface area contributed by atoms with Crippen LogP contribution in [0.1, 0.15) is 32.1 Å². The van der Waals surface area contributed by atoms with Gasteiger partial charge in [0.25, 0.3) is 0 Å². The molecule has 0 bridgehead atoms. The van der Waals surface area contributed by atoms with Crippen LogP contribution >= 0.6 is 24.0 Å². The van der Waals surface area contributed by atoms with Crippen LogP contribution in [-0.4, -0.2) is 76.7 Å². The molecule has 2 aliphatic heterocycles. The lowest BCUT2D eigenvalue weighted by atomic mass is 10.1. The zero-order chi connectivity index (χ0) is 20.3. The molecule has 30 heavy (non-hydrogen) atoms. The minimum Gasteiger partial charge on any atom is -0.497 e. The van der Waals surface area contributed by atoms with E-state index >= 15 is 0 Å². The van der Waals surface area contributed by atoms with Gasteiger partial charge in [-0.3, -0.25) is 4.99 Å². The van der Waals surface area contributed by atoms with Gasteiger partial charge in [-0.2, -0.15) is 0 Å². The zero-order valence-corrected chi connectivity index (χ0v) is 20.5. The molecule has 1 N–H and O–H groups in total. The van der Waals surface area contributed by atoms with E-state index in [2.05, 4.69) is 15.2 Å². The fourth-order valence-electron chi connectivity index (χ4n) is 3.74. The van der Waals surface area contributed by atoms with Crippen LogP contribution in [-0.2, 0) is 9.47 Å². The van der Waals surface area contributed by atoms with Crippen molar-refractivity contribution in [3.63, 3.8) is 0 Å². The topological polar surface area (TPSA) is 64.6 Å². The van der Waals surface area contributed by atoms with Crippen molar-refractivity contribution in [1.29, 1.82) is 0 Å². The van der Waals surface area contributed by atoms with Gasteiger partial charge in [0.2, 0.25) is 0 Å². The lowest BCUT2D eigenvalue weighted by Gasteiger charge is -2.34. The van der Waals surface area contributed by atoms with Crippen LogP contribution in [0.5, 0.6) is 11.5 Å². The number of guanidine groups is 1. The van der Waals surface area contributed by atoms with Crippen molar-refractivity contribution in [3.8, 4) is 11.5 Å². The summed E-state index contributed by atoms with van der Waals surface area (Å²) < 4.78 is 22.7. The van der Waals surface area contributed by atoms with E-state index in [1.165, 1.54) is 6.42 Å². The number of aliphatic imine (C=N–C) groups is 1. The van der Waals surface area contributed by atoms with Crippen molar-refractivity contribution < 1.29 is 18.9 Å². The van der Waals surface area contributed by atoms with Crippen molar-refractivity contribution in [2.75, 3.05) is 53.6 Å². The Kier molecular flexibility index (Phi) is 11.6. The summed E-state index contributed by atoms with van der Waals surface area (Å²) in [5, 5.41) is 3.45. The highest BCUT2D eigenvalue weighted by Crippen LogP contribution is 2.19. The van der Waals surface area contributed by atoms with Crippen LogP contribution in [0, 0.1) is 0 Å². The summed E-state index contributed by atoms with van der Waals surface area (Å²) in [5.74, 6) is 2.60. The first-order valence-electron chi connectivity index (χ1n) is 10.7. The van der Waals surface area contributed by atoms with Gasteiger partial charge < -0.3 is 29.2 Å². The Hall–Kier alpha value is -1.26. The molecular weight excluding hydrogens is 497 g/mol. The summed E-state index contributed by atoms with van der Waals surface area (Å²) in [6, 6.07) is 7.69. The van der Waals surface area contributed by atoms with E-state index in [1.807, 2.05) is 31.3 Å². The molecule has 2 aliphatic rings. The highest BCUT2D eigenvalue weighted by Gasteiger charge is 2.24. The Morgan fingerprint density at radius 3 is 2.73 bits per heavy atom. The van der Waals surface area contributed by atoms with Crippen LogP contribution in [0.3, 0.4) is 0 Å². The molecule has 1 atom stereocenters. The Morgan fingerprint density at radius 1 is 1.23 bits per heavy atom. The SMILES string of the molecule is CN=C(NCCCOc1cccc(OC)c1)N1CCC(OCC2CCCO2)CC1.I. The predicted molar refractivity (Wildman–Crippen MR) is 129 cm³/mol. The van der Waals surface area contributed by atoms with Gasteiger partial charge in [-0.05, 0) is 44.2 Å². The first-order chi connectivity index (χ1) is 14.3. The molecule has 0 radical (unpaired) electrons.